The maximum absolute atomic E-state index is 14.0. The molecule has 1 N–H and O–H groups in total. The van der Waals surface area contributed by atoms with Gasteiger partial charge in [0.25, 0.3) is 0 Å². The average Bonchev–Trinajstić information content (AvgIpc) is 2.89. The third-order valence-corrected chi connectivity index (χ3v) is 4.06. The Hall–Kier alpha value is -1.87. The first-order valence-corrected chi connectivity index (χ1v) is 7.41. The van der Waals surface area contributed by atoms with Crippen LogP contribution in [-0.4, -0.2) is 19.7 Å². The van der Waals surface area contributed by atoms with Gasteiger partial charge in [-0.15, -0.1) is 0 Å². The highest BCUT2D eigenvalue weighted by atomic mass is 19.1. The van der Waals surface area contributed by atoms with Gasteiger partial charge in [0.1, 0.15) is 17.7 Å². The SMILES string of the molecule is CNCC(CC1Cc2ccccc2O1)c1ccccc1F. The summed E-state index contributed by atoms with van der Waals surface area (Å²) in [6.45, 7) is 0.747. The molecule has 2 aromatic rings. The fourth-order valence-corrected chi connectivity index (χ4v) is 3.08. The molecule has 21 heavy (non-hydrogen) atoms. The molecule has 3 rings (SSSR count). The van der Waals surface area contributed by atoms with Crippen LogP contribution in [0.25, 0.3) is 0 Å². The monoisotopic (exact) mass is 285 g/mol. The number of fused-ring (bicyclic) bond motifs is 1. The van der Waals surface area contributed by atoms with E-state index in [1.54, 1.807) is 6.07 Å². The number of para-hydroxylation sites is 1. The molecule has 0 radical (unpaired) electrons. The van der Waals surface area contributed by atoms with E-state index in [2.05, 4.69) is 11.4 Å². The Balaban J connectivity index is 1.74. The Bertz CT molecular complexity index is 589. The van der Waals surface area contributed by atoms with E-state index in [4.69, 9.17) is 4.74 Å². The van der Waals surface area contributed by atoms with Gasteiger partial charge in [-0.2, -0.15) is 0 Å². The predicted molar refractivity (Wildman–Crippen MR) is 82.2 cm³/mol. The maximum Gasteiger partial charge on any atom is 0.126 e. The highest BCUT2D eigenvalue weighted by molar-refractivity contribution is 5.37. The lowest BCUT2D eigenvalue weighted by atomic mass is 9.91. The van der Waals surface area contributed by atoms with Crippen LogP contribution < -0.4 is 10.1 Å². The van der Waals surface area contributed by atoms with E-state index >= 15 is 0 Å². The molecule has 0 aliphatic carbocycles. The van der Waals surface area contributed by atoms with Crippen molar-refractivity contribution >= 4 is 0 Å². The second-order valence-electron chi connectivity index (χ2n) is 5.56. The van der Waals surface area contributed by atoms with Crippen LogP contribution in [0, 0.1) is 5.82 Å². The van der Waals surface area contributed by atoms with Gasteiger partial charge < -0.3 is 10.1 Å². The summed E-state index contributed by atoms with van der Waals surface area (Å²) in [6.07, 6.45) is 1.85. The molecule has 3 heteroatoms. The van der Waals surface area contributed by atoms with Crippen LogP contribution in [0.2, 0.25) is 0 Å². The van der Waals surface area contributed by atoms with Crippen molar-refractivity contribution in [3.8, 4) is 5.75 Å². The smallest absolute Gasteiger partial charge is 0.126 e. The standard InChI is InChI=1S/C18H20FNO/c1-20-12-14(16-7-3-4-8-17(16)19)11-15-10-13-6-2-5-9-18(13)21-15/h2-9,14-15,20H,10-12H2,1H3. The second kappa shape index (κ2) is 6.27. The highest BCUT2D eigenvalue weighted by Gasteiger charge is 2.27. The molecular weight excluding hydrogens is 265 g/mol. The minimum Gasteiger partial charge on any atom is -0.490 e. The Labute approximate surface area is 125 Å². The van der Waals surface area contributed by atoms with Gasteiger partial charge in [0.2, 0.25) is 0 Å². The molecule has 0 saturated heterocycles. The maximum atomic E-state index is 14.0. The quantitative estimate of drug-likeness (QED) is 0.907. The molecule has 2 aromatic carbocycles. The topological polar surface area (TPSA) is 21.3 Å². The van der Waals surface area contributed by atoms with Gasteiger partial charge in [-0.05, 0) is 36.7 Å². The van der Waals surface area contributed by atoms with E-state index in [0.717, 1.165) is 30.7 Å². The predicted octanol–water partition coefficient (Wildman–Crippen LogP) is 3.52. The van der Waals surface area contributed by atoms with Crippen molar-refractivity contribution < 1.29 is 9.13 Å². The lowest BCUT2D eigenvalue weighted by Gasteiger charge is -2.21. The van der Waals surface area contributed by atoms with Gasteiger partial charge in [-0.1, -0.05) is 36.4 Å². The summed E-state index contributed by atoms with van der Waals surface area (Å²) in [7, 11) is 1.90. The Kier molecular flexibility index (Phi) is 4.20. The van der Waals surface area contributed by atoms with Gasteiger partial charge in [0.05, 0.1) is 0 Å². The third-order valence-electron chi connectivity index (χ3n) is 4.06. The van der Waals surface area contributed by atoms with Crippen molar-refractivity contribution in [2.75, 3.05) is 13.6 Å². The van der Waals surface area contributed by atoms with Crippen LogP contribution in [0.15, 0.2) is 48.5 Å². The highest BCUT2D eigenvalue weighted by Crippen LogP contribution is 2.33. The van der Waals surface area contributed by atoms with E-state index in [1.165, 1.54) is 11.6 Å². The van der Waals surface area contributed by atoms with E-state index in [1.807, 2.05) is 37.4 Å². The minimum absolute atomic E-state index is 0.121. The molecule has 1 heterocycles. The van der Waals surface area contributed by atoms with Gasteiger partial charge in [0.15, 0.2) is 0 Å². The number of rotatable bonds is 5. The second-order valence-corrected chi connectivity index (χ2v) is 5.56. The van der Waals surface area contributed by atoms with Crippen LogP contribution in [0.1, 0.15) is 23.5 Å². The molecule has 0 aromatic heterocycles. The fraction of sp³-hybridized carbons (Fsp3) is 0.333. The molecule has 1 aliphatic rings. The first-order chi connectivity index (χ1) is 10.3. The molecule has 0 fully saturated rings. The van der Waals surface area contributed by atoms with E-state index < -0.39 is 0 Å². The molecule has 2 atom stereocenters. The largest absolute Gasteiger partial charge is 0.490 e. The van der Waals surface area contributed by atoms with E-state index in [-0.39, 0.29) is 17.8 Å². The minimum atomic E-state index is -0.131. The van der Waals surface area contributed by atoms with Crippen LogP contribution >= 0.6 is 0 Å². The number of nitrogens with one attached hydrogen (secondary N) is 1. The van der Waals surface area contributed by atoms with E-state index in [0.29, 0.717) is 0 Å². The van der Waals surface area contributed by atoms with Crippen LogP contribution in [-0.2, 0) is 6.42 Å². The summed E-state index contributed by atoms with van der Waals surface area (Å²) in [5.41, 5.74) is 2.02. The number of halogens is 1. The van der Waals surface area contributed by atoms with Gasteiger partial charge in [0, 0.05) is 18.9 Å². The first-order valence-electron chi connectivity index (χ1n) is 7.41. The van der Waals surface area contributed by atoms with Gasteiger partial charge in [-0.3, -0.25) is 0 Å². The molecule has 0 saturated carbocycles. The molecular formula is C18H20FNO. The number of hydrogen-bond donors (Lipinski definition) is 1. The average molecular weight is 285 g/mol. The molecule has 0 amide bonds. The van der Waals surface area contributed by atoms with Gasteiger partial charge >= 0.3 is 0 Å². The zero-order valence-electron chi connectivity index (χ0n) is 12.2. The molecule has 2 nitrogen and oxygen atoms in total. The summed E-state index contributed by atoms with van der Waals surface area (Å²) in [4.78, 5) is 0. The lowest BCUT2D eigenvalue weighted by Crippen LogP contribution is -2.25. The third kappa shape index (κ3) is 3.08. The fourth-order valence-electron chi connectivity index (χ4n) is 3.08. The lowest BCUT2D eigenvalue weighted by molar-refractivity contribution is 0.208. The molecule has 0 spiro atoms. The van der Waals surface area contributed by atoms with Crippen LogP contribution in [0.3, 0.4) is 0 Å². The normalized spacial score (nSPS) is 18.1. The summed E-state index contributed by atoms with van der Waals surface area (Å²) in [5.74, 6) is 0.961. The summed E-state index contributed by atoms with van der Waals surface area (Å²) >= 11 is 0. The Morgan fingerprint density at radius 3 is 2.71 bits per heavy atom. The van der Waals surface area contributed by atoms with Crippen molar-refractivity contribution in [1.82, 2.24) is 5.32 Å². The summed E-state index contributed by atoms with van der Waals surface area (Å²) in [6, 6.07) is 15.2. The van der Waals surface area contributed by atoms with Crippen LogP contribution in [0.4, 0.5) is 4.39 Å². The van der Waals surface area contributed by atoms with Gasteiger partial charge in [-0.25, -0.2) is 4.39 Å². The first kappa shape index (κ1) is 14.1. The zero-order valence-corrected chi connectivity index (χ0v) is 12.2. The van der Waals surface area contributed by atoms with Crippen molar-refractivity contribution in [3.05, 3.63) is 65.5 Å². The molecule has 0 bridgehead atoms. The Morgan fingerprint density at radius 2 is 1.95 bits per heavy atom. The van der Waals surface area contributed by atoms with Crippen molar-refractivity contribution in [2.45, 2.75) is 24.9 Å². The van der Waals surface area contributed by atoms with Crippen molar-refractivity contribution in [2.24, 2.45) is 0 Å². The van der Waals surface area contributed by atoms with Crippen molar-refractivity contribution in [3.63, 3.8) is 0 Å². The summed E-state index contributed by atoms with van der Waals surface area (Å²) < 4.78 is 20.0. The molecule has 1 aliphatic heterocycles. The number of likely N-dealkylation sites (N-methyl/N-ethyl adjacent to an activating group) is 1. The number of hydrogen-bond acceptors (Lipinski definition) is 2. The van der Waals surface area contributed by atoms with Crippen LogP contribution in [0.5, 0.6) is 5.75 Å². The van der Waals surface area contributed by atoms with Crippen molar-refractivity contribution in [1.29, 1.82) is 0 Å². The number of benzene rings is 2. The zero-order chi connectivity index (χ0) is 14.7. The Morgan fingerprint density at radius 1 is 1.19 bits per heavy atom. The van der Waals surface area contributed by atoms with E-state index in [9.17, 15) is 4.39 Å². The number of ether oxygens (including phenoxy) is 1. The molecule has 110 valence electrons. The molecule has 2 unspecified atom stereocenters. The summed E-state index contributed by atoms with van der Waals surface area (Å²) in [5, 5.41) is 3.17.